The highest BCUT2D eigenvalue weighted by Gasteiger charge is 2.26. The Balaban J connectivity index is 1.62. The summed E-state index contributed by atoms with van der Waals surface area (Å²) in [5, 5.41) is 14.7. The van der Waals surface area contributed by atoms with Crippen LogP contribution in [0.3, 0.4) is 0 Å². The van der Waals surface area contributed by atoms with Crippen LogP contribution in [0.1, 0.15) is 53.4 Å². The fourth-order valence-electron chi connectivity index (χ4n) is 3.76. The molecule has 0 radical (unpaired) electrons. The van der Waals surface area contributed by atoms with Gasteiger partial charge in [0.05, 0.1) is 16.6 Å². The number of anilines is 1. The summed E-state index contributed by atoms with van der Waals surface area (Å²) in [5.74, 6) is -0.979. The number of nitrogens with zero attached hydrogens (tertiary/aromatic N) is 2. The van der Waals surface area contributed by atoms with E-state index in [1.54, 1.807) is 11.4 Å². The zero-order valence-electron chi connectivity index (χ0n) is 16.6. The fraction of sp³-hybridized carbons (Fsp3) is 0.304. The fourth-order valence-corrected chi connectivity index (χ4v) is 4.50. The number of para-hydroxylation sites is 1. The molecule has 1 aliphatic carbocycles. The van der Waals surface area contributed by atoms with Gasteiger partial charge in [-0.1, -0.05) is 24.6 Å². The SMILES string of the molecule is C[C@H](OC(=O)c1c2c(nc3ccccc13)CCCCC2)C(=O)Nc1sccc1C#N. The number of pyridine rings is 1. The normalized spacial score (nSPS) is 14.3. The van der Waals surface area contributed by atoms with Crippen molar-refractivity contribution >= 4 is 39.1 Å². The minimum Gasteiger partial charge on any atom is -0.449 e. The van der Waals surface area contributed by atoms with E-state index in [9.17, 15) is 9.59 Å². The van der Waals surface area contributed by atoms with Gasteiger partial charge in [0.2, 0.25) is 0 Å². The van der Waals surface area contributed by atoms with Gasteiger partial charge in [0.1, 0.15) is 11.1 Å². The third-order valence-corrected chi connectivity index (χ3v) is 6.13. The van der Waals surface area contributed by atoms with Crippen molar-refractivity contribution in [1.29, 1.82) is 5.26 Å². The number of thiophene rings is 1. The van der Waals surface area contributed by atoms with Crippen molar-refractivity contribution in [2.75, 3.05) is 5.32 Å². The van der Waals surface area contributed by atoms with Crippen LogP contribution in [0.4, 0.5) is 5.00 Å². The molecule has 2 aromatic heterocycles. The number of aryl methyl sites for hydroxylation is 1. The molecule has 0 bridgehead atoms. The molecule has 1 atom stereocenters. The molecule has 3 aromatic rings. The molecule has 0 saturated heterocycles. The number of rotatable bonds is 4. The van der Waals surface area contributed by atoms with E-state index >= 15 is 0 Å². The van der Waals surface area contributed by atoms with Crippen LogP contribution < -0.4 is 5.32 Å². The summed E-state index contributed by atoms with van der Waals surface area (Å²) in [6, 6.07) is 11.2. The maximum atomic E-state index is 13.2. The van der Waals surface area contributed by atoms with Gasteiger partial charge in [0.25, 0.3) is 5.91 Å². The number of hydrogen-bond donors (Lipinski definition) is 1. The minimum absolute atomic E-state index is 0.386. The predicted molar refractivity (Wildman–Crippen MR) is 116 cm³/mol. The number of nitrogens with one attached hydrogen (secondary N) is 1. The third-order valence-electron chi connectivity index (χ3n) is 5.30. The first-order valence-corrected chi connectivity index (χ1v) is 10.9. The van der Waals surface area contributed by atoms with Gasteiger partial charge in [-0.3, -0.25) is 9.78 Å². The second kappa shape index (κ2) is 8.64. The summed E-state index contributed by atoms with van der Waals surface area (Å²) in [5.41, 5.74) is 3.56. The Morgan fingerprint density at radius 2 is 2.00 bits per heavy atom. The number of ether oxygens (including phenoxy) is 1. The summed E-state index contributed by atoms with van der Waals surface area (Å²) in [4.78, 5) is 30.5. The summed E-state index contributed by atoms with van der Waals surface area (Å²) in [6.07, 6.45) is 3.76. The number of nitriles is 1. The quantitative estimate of drug-likeness (QED) is 0.492. The Morgan fingerprint density at radius 1 is 1.20 bits per heavy atom. The van der Waals surface area contributed by atoms with Gasteiger partial charge in [-0.2, -0.15) is 5.26 Å². The van der Waals surface area contributed by atoms with Gasteiger partial charge in [0.15, 0.2) is 6.10 Å². The number of carbonyl (C=O) groups is 2. The molecule has 0 saturated carbocycles. The van der Waals surface area contributed by atoms with Crippen LogP contribution in [-0.4, -0.2) is 23.0 Å². The van der Waals surface area contributed by atoms with Crippen molar-refractivity contribution in [3.63, 3.8) is 0 Å². The Bertz CT molecular complexity index is 1160. The molecule has 152 valence electrons. The van der Waals surface area contributed by atoms with E-state index in [4.69, 9.17) is 15.0 Å². The van der Waals surface area contributed by atoms with E-state index in [0.29, 0.717) is 16.1 Å². The average molecular weight is 420 g/mol. The molecule has 6 nitrogen and oxygen atoms in total. The summed E-state index contributed by atoms with van der Waals surface area (Å²) in [6.45, 7) is 1.54. The van der Waals surface area contributed by atoms with Gasteiger partial charge < -0.3 is 10.1 Å². The number of fused-ring (bicyclic) bond motifs is 2. The first kappa shape index (κ1) is 20.0. The van der Waals surface area contributed by atoms with Gasteiger partial charge in [-0.15, -0.1) is 11.3 Å². The van der Waals surface area contributed by atoms with Gasteiger partial charge in [0, 0.05) is 11.1 Å². The van der Waals surface area contributed by atoms with Crippen LogP contribution in [0.25, 0.3) is 10.9 Å². The summed E-state index contributed by atoms with van der Waals surface area (Å²) in [7, 11) is 0. The first-order chi connectivity index (χ1) is 14.6. The van der Waals surface area contributed by atoms with Crippen molar-refractivity contribution in [3.05, 3.63) is 58.1 Å². The van der Waals surface area contributed by atoms with Crippen molar-refractivity contribution in [2.24, 2.45) is 0 Å². The minimum atomic E-state index is -1.00. The van der Waals surface area contributed by atoms with Gasteiger partial charge in [-0.25, -0.2) is 4.79 Å². The van der Waals surface area contributed by atoms with Crippen LogP contribution >= 0.6 is 11.3 Å². The van der Waals surface area contributed by atoms with E-state index in [1.807, 2.05) is 30.3 Å². The number of esters is 1. The molecular weight excluding hydrogens is 398 g/mol. The average Bonchev–Trinajstić information content (AvgIpc) is 3.06. The lowest BCUT2D eigenvalue weighted by Gasteiger charge is -2.17. The predicted octanol–water partition coefficient (Wildman–Crippen LogP) is 4.62. The Morgan fingerprint density at radius 3 is 2.83 bits per heavy atom. The van der Waals surface area contributed by atoms with E-state index in [1.165, 1.54) is 18.3 Å². The number of aromatic nitrogens is 1. The highest BCUT2D eigenvalue weighted by molar-refractivity contribution is 7.14. The molecule has 4 rings (SSSR count). The van der Waals surface area contributed by atoms with Crippen LogP contribution in [0.2, 0.25) is 0 Å². The molecule has 30 heavy (non-hydrogen) atoms. The van der Waals surface area contributed by atoms with Gasteiger partial charge >= 0.3 is 5.97 Å². The number of carbonyl (C=O) groups excluding carboxylic acids is 2. The Kier molecular flexibility index (Phi) is 5.77. The van der Waals surface area contributed by atoms with E-state index in [-0.39, 0.29) is 0 Å². The monoisotopic (exact) mass is 419 g/mol. The van der Waals surface area contributed by atoms with Crippen LogP contribution in [-0.2, 0) is 22.4 Å². The lowest BCUT2D eigenvalue weighted by atomic mass is 9.97. The van der Waals surface area contributed by atoms with Crippen LogP contribution in [0.5, 0.6) is 0 Å². The maximum absolute atomic E-state index is 13.2. The van der Waals surface area contributed by atoms with E-state index < -0.39 is 18.0 Å². The molecule has 2 heterocycles. The molecule has 1 amide bonds. The van der Waals surface area contributed by atoms with Crippen molar-refractivity contribution in [1.82, 2.24) is 4.98 Å². The maximum Gasteiger partial charge on any atom is 0.339 e. The lowest BCUT2D eigenvalue weighted by Crippen LogP contribution is -2.30. The number of benzene rings is 1. The van der Waals surface area contributed by atoms with Crippen molar-refractivity contribution < 1.29 is 14.3 Å². The topological polar surface area (TPSA) is 92.1 Å². The van der Waals surface area contributed by atoms with Crippen LogP contribution in [0.15, 0.2) is 35.7 Å². The largest absolute Gasteiger partial charge is 0.449 e. The van der Waals surface area contributed by atoms with Crippen molar-refractivity contribution in [2.45, 2.75) is 45.1 Å². The summed E-state index contributed by atoms with van der Waals surface area (Å²) >= 11 is 1.25. The highest BCUT2D eigenvalue weighted by atomic mass is 32.1. The molecular formula is C23H21N3O3S. The Hall–Kier alpha value is -3.24. The second-order valence-corrected chi connectivity index (χ2v) is 8.22. The molecule has 7 heteroatoms. The molecule has 0 unspecified atom stereocenters. The molecule has 1 aromatic carbocycles. The Labute approximate surface area is 178 Å². The van der Waals surface area contributed by atoms with Crippen LogP contribution in [0, 0.1) is 11.3 Å². The number of hydrogen-bond acceptors (Lipinski definition) is 6. The van der Waals surface area contributed by atoms with Gasteiger partial charge in [-0.05, 0) is 55.7 Å². The summed E-state index contributed by atoms with van der Waals surface area (Å²) < 4.78 is 5.58. The van der Waals surface area contributed by atoms with E-state index in [2.05, 4.69) is 5.32 Å². The smallest absolute Gasteiger partial charge is 0.339 e. The van der Waals surface area contributed by atoms with Crippen molar-refractivity contribution in [3.8, 4) is 6.07 Å². The molecule has 1 aliphatic rings. The third kappa shape index (κ3) is 3.91. The zero-order valence-corrected chi connectivity index (χ0v) is 17.4. The first-order valence-electron chi connectivity index (χ1n) is 9.98. The van der Waals surface area contributed by atoms with E-state index in [0.717, 1.165) is 54.3 Å². The second-order valence-electron chi connectivity index (χ2n) is 7.30. The molecule has 1 N–H and O–H groups in total. The molecule has 0 aliphatic heterocycles. The highest BCUT2D eigenvalue weighted by Crippen LogP contribution is 2.30. The molecule has 0 spiro atoms. The standard InChI is InChI=1S/C23H21N3O3S/c1-14(21(27)26-22-15(13-24)11-12-30-22)29-23(28)20-16-7-3-2-4-9-18(16)25-19-10-6-5-8-17(19)20/h5-6,8,10-12,14H,2-4,7,9H2,1H3,(H,26,27)/t14-/m0/s1. The molecule has 0 fully saturated rings. The lowest BCUT2D eigenvalue weighted by molar-refractivity contribution is -0.123. The zero-order chi connectivity index (χ0) is 21.1. The number of amides is 1.